The largest absolute Gasteiger partial charge is 0.503 e. The summed E-state index contributed by atoms with van der Waals surface area (Å²) in [6.07, 6.45) is 4.22. The van der Waals surface area contributed by atoms with Gasteiger partial charge >= 0.3 is 0 Å². The van der Waals surface area contributed by atoms with E-state index in [1.807, 2.05) is 0 Å². The second kappa shape index (κ2) is 11.7. The van der Waals surface area contributed by atoms with Crippen molar-refractivity contribution in [3.8, 4) is 17.2 Å². The Morgan fingerprint density at radius 1 is 0.925 bits per heavy atom. The number of hydrogen-bond acceptors (Lipinski definition) is 6. The Morgan fingerprint density at radius 2 is 1.70 bits per heavy atom. The molecule has 0 amide bonds. The maximum Gasteiger partial charge on any atom is 0.229 e. The highest BCUT2D eigenvalue weighted by Gasteiger charge is 2.15. The summed E-state index contributed by atoms with van der Waals surface area (Å²) in [5.41, 5.74) is 0.916. The second-order valence-corrected chi connectivity index (χ2v) is 8.76. The normalized spacial score (nSPS) is 10.8. The molecule has 0 bridgehead atoms. The lowest BCUT2D eigenvalue weighted by Gasteiger charge is -2.13. The van der Waals surface area contributed by atoms with Gasteiger partial charge in [-0.1, -0.05) is 17.3 Å². The molecule has 0 spiro atoms. The standard InChI is InChI=1S/C29H20F3N5O3/c1-33-27-16-23-26(17-29(27)39-11-10-37-9-8-35-36-37)34-7-6-28(23)40-22-5-3-19(25(32)15-22)13-21(38)12-18-2-4-20(30)14-24(18)31/h2-9,14-17H,10-13H2. The van der Waals surface area contributed by atoms with Gasteiger partial charge in [0.15, 0.2) is 0 Å². The van der Waals surface area contributed by atoms with Crippen LogP contribution < -0.4 is 9.47 Å². The van der Waals surface area contributed by atoms with Crippen molar-refractivity contribution >= 4 is 22.4 Å². The van der Waals surface area contributed by atoms with Crippen molar-refractivity contribution in [1.82, 2.24) is 20.0 Å². The first kappa shape index (κ1) is 26.4. The summed E-state index contributed by atoms with van der Waals surface area (Å²) in [5.74, 6) is -1.79. The lowest BCUT2D eigenvalue weighted by molar-refractivity contribution is -0.117. The fourth-order valence-corrected chi connectivity index (χ4v) is 4.04. The van der Waals surface area contributed by atoms with Gasteiger partial charge in [0, 0.05) is 42.8 Å². The van der Waals surface area contributed by atoms with Crippen LogP contribution in [0.15, 0.2) is 73.2 Å². The molecule has 3 aromatic carbocycles. The Bertz CT molecular complexity index is 1740. The molecule has 11 heteroatoms. The fourth-order valence-electron chi connectivity index (χ4n) is 4.04. The van der Waals surface area contributed by atoms with Crippen molar-refractivity contribution in [2.45, 2.75) is 19.4 Å². The second-order valence-electron chi connectivity index (χ2n) is 8.76. The zero-order valence-corrected chi connectivity index (χ0v) is 20.9. The van der Waals surface area contributed by atoms with Crippen LogP contribution >= 0.6 is 0 Å². The molecule has 0 N–H and O–H groups in total. The summed E-state index contributed by atoms with van der Waals surface area (Å²) >= 11 is 0. The predicted molar refractivity (Wildman–Crippen MR) is 139 cm³/mol. The first-order valence-electron chi connectivity index (χ1n) is 12.1. The molecular weight excluding hydrogens is 523 g/mol. The number of carbonyl (C=O) groups excluding carboxylic acids is 1. The van der Waals surface area contributed by atoms with Gasteiger partial charge in [0.05, 0.1) is 24.8 Å². The molecule has 200 valence electrons. The third kappa shape index (κ3) is 6.07. The first-order valence-corrected chi connectivity index (χ1v) is 12.1. The van der Waals surface area contributed by atoms with E-state index in [-0.39, 0.29) is 42.0 Å². The molecule has 0 fully saturated rings. The van der Waals surface area contributed by atoms with Crippen LogP contribution in [-0.4, -0.2) is 32.4 Å². The quantitative estimate of drug-likeness (QED) is 0.200. The summed E-state index contributed by atoms with van der Waals surface area (Å²) in [4.78, 5) is 20.3. The van der Waals surface area contributed by atoms with Crippen molar-refractivity contribution < 1.29 is 27.4 Å². The Hall–Kier alpha value is -5.24. The van der Waals surface area contributed by atoms with Crippen molar-refractivity contribution in [3.63, 3.8) is 0 Å². The van der Waals surface area contributed by atoms with Crippen LogP contribution in [0.1, 0.15) is 11.1 Å². The number of carbonyl (C=O) groups is 1. The summed E-state index contributed by atoms with van der Waals surface area (Å²) < 4.78 is 55.1. The molecule has 0 unspecified atom stereocenters. The van der Waals surface area contributed by atoms with E-state index in [4.69, 9.17) is 16.0 Å². The molecule has 2 heterocycles. The average Bonchev–Trinajstić information content (AvgIpc) is 3.45. The topological polar surface area (TPSA) is 83.5 Å². The van der Waals surface area contributed by atoms with Gasteiger partial charge in [0.25, 0.3) is 0 Å². The predicted octanol–water partition coefficient (Wildman–Crippen LogP) is 6.02. The number of ketones is 1. The molecule has 5 aromatic rings. The van der Waals surface area contributed by atoms with E-state index < -0.39 is 23.2 Å². The third-order valence-corrected chi connectivity index (χ3v) is 6.00. The van der Waals surface area contributed by atoms with E-state index in [2.05, 4.69) is 20.1 Å². The van der Waals surface area contributed by atoms with Crippen LogP contribution in [0.3, 0.4) is 0 Å². The van der Waals surface area contributed by atoms with Gasteiger partial charge in [-0.3, -0.25) is 9.78 Å². The SMILES string of the molecule is [C-]#[N+]c1cc2c(Oc3ccc(CC(=O)Cc4ccc(F)cc4F)c(F)c3)ccnc2cc1OCCn1ccnn1. The van der Waals surface area contributed by atoms with Crippen LogP contribution in [0.2, 0.25) is 0 Å². The molecule has 0 radical (unpaired) electrons. The third-order valence-electron chi connectivity index (χ3n) is 6.00. The number of rotatable bonds is 10. The first-order chi connectivity index (χ1) is 19.4. The zero-order chi connectivity index (χ0) is 28.1. The number of ether oxygens (including phenoxy) is 2. The van der Waals surface area contributed by atoms with E-state index in [1.54, 1.807) is 35.3 Å². The van der Waals surface area contributed by atoms with Crippen molar-refractivity contribution in [2.75, 3.05) is 6.61 Å². The van der Waals surface area contributed by atoms with Crippen molar-refractivity contribution in [2.24, 2.45) is 0 Å². The van der Waals surface area contributed by atoms with E-state index in [0.29, 0.717) is 35.0 Å². The van der Waals surface area contributed by atoms with E-state index in [0.717, 1.165) is 12.1 Å². The van der Waals surface area contributed by atoms with Gasteiger partial charge in [-0.25, -0.2) is 22.7 Å². The zero-order valence-electron chi connectivity index (χ0n) is 20.9. The van der Waals surface area contributed by atoms with Gasteiger partial charge in [0.1, 0.15) is 47.1 Å². The molecule has 0 aliphatic heterocycles. The van der Waals surface area contributed by atoms with Crippen LogP contribution in [0.4, 0.5) is 18.9 Å². The number of aromatic nitrogens is 4. The van der Waals surface area contributed by atoms with Crippen LogP contribution in [-0.2, 0) is 24.2 Å². The van der Waals surface area contributed by atoms with Crippen LogP contribution in [0.5, 0.6) is 17.2 Å². The Kier molecular flexibility index (Phi) is 7.68. The molecule has 2 aromatic heterocycles. The summed E-state index contributed by atoms with van der Waals surface area (Å²) in [7, 11) is 0. The molecule has 0 aliphatic rings. The monoisotopic (exact) mass is 543 g/mol. The van der Waals surface area contributed by atoms with Crippen molar-refractivity contribution in [1.29, 1.82) is 0 Å². The number of Topliss-reactive ketones (excluding diaryl/α,β-unsaturated/α-hetero) is 1. The molecule has 40 heavy (non-hydrogen) atoms. The van der Waals surface area contributed by atoms with Gasteiger partial charge in [-0.15, -0.1) is 5.10 Å². The van der Waals surface area contributed by atoms with Crippen LogP contribution in [0, 0.1) is 24.0 Å². The summed E-state index contributed by atoms with van der Waals surface area (Å²) in [6, 6.07) is 11.8. The van der Waals surface area contributed by atoms with Crippen LogP contribution in [0.25, 0.3) is 15.7 Å². The number of fused-ring (bicyclic) bond motifs is 1. The maximum atomic E-state index is 14.9. The van der Waals surface area contributed by atoms with Gasteiger partial charge in [-0.05, 0) is 41.5 Å². The highest BCUT2D eigenvalue weighted by molar-refractivity contribution is 5.91. The van der Waals surface area contributed by atoms with Gasteiger partial charge < -0.3 is 9.47 Å². The number of benzene rings is 3. The fraction of sp³-hybridized carbons (Fsp3) is 0.138. The van der Waals surface area contributed by atoms with E-state index >= 15 is 0 Å². The minimum Gasteiger partial charge on any atom is -0.503 e. The van der Waals surface area contributed by atoms with Gasteiger partial charge in [-0.2, -0.15) is 0 Å². The lowest BCUT2D eigenvalue weighted by atomic mass is 10.0. The summed E-state index contributed by atoms with van der Waals surface area (Å²) in [5, 5.41) is 8.13. The van der Waals surface area contributed by atoms with Gasteiger partial charge in [0.2, 0.25) is 5.69 Å². The Balaban J connectivity index is 1.30. The molecular formula is C29H20F3N5O3. The van der Waals surface area contributed by atoms with E-state index in [9.17, 15) is 18.0 Å². The number of hydrogen-bond donors (Lipinski definition) is 0. The average molecular weight is 544 g/mol. The molecule has 8 nitrogen and oxygen atoms in total. The Morgan fingerprint density at radius 3 is 2.40 bits per heavy atom. The molecule has 0 atom stereocenters. The number of nitrogens with zero attached hydrogens (tertiary/aromatic N) is 5. The summed E-state index contributed by atoms with van der Waals surface area (Å²) in [6.45, 7) is 8.28. The molecule has 0 saturated heterocycles. The highest BCUT2D eigenvalue weighted by atomic mass is 19.1. The smallest absolute Gasteiger partial charge is 0.229 e. The molecule has 0 aliphatic carbocycles. The van der Waals surface area contributed by atoms with Crippen molar-refractivity contribution in [3.05, 3.63) is 113 Å². The maximum absolute atomic E-state index is 14.9. The number of halogens is 3. The molecule has 5 rings (SSSR count). The van der Waals surface area contributed by atoms with E-state index in [1.165, 1.54) is 24.4 Å². The minimum absolute atomic E-state index is 0.0406. The Labute approximate surface area is 226 Å². The minimum atomic E-state index is -0.825. The molecule has 0 saturated carbocycles. The number of pyridine rings is 1. The highest BCUT2D eigenvalue weighted by Crippen LogP contribution is 2.37. The lowest BCUT2D eigenvalue weighted by Crippen LogP contribution is -2.09.